The first-order valence-electron chi connectivity index (χ1n) is 7.30. The summed E-state index contributed by atoms with van der Waals surface area (Å²) in [5.41, 5.74) is 0. The number of alkyl halides is 2. The molecule has 0 aliphatic heterocycles. The van der Waals surface area contributed by atoms with Crippen LogP contribution < -0.4 is 0 Å². The minimum atomic E-state index is -3.81. The molecule has 0 saturated heterocycles. The zero-order valence-electron chi connectivity index (χ0n) is 12.2. The fourth-order valence-electron chi connectivity index (χ4n) is 1.88. The Balaban J connectivity index is 3.73. The minimum Gasteiger partial charge on any atom is -0.461 e. The van der Waals surface area contributed by atoms with Gasteiger partial charge in [-0.15, -0.1) is 6.58 Å². The molecule has 0 aromatic heterocycles. The van der Waals surface area contributed by atoms with Crippen molar-refractivity contribution in [2.45, 2.75) is 70.3 Å². The van der Waals surface area contributed by atoms with E-state index in [-0.39, 0.29) is 13.0 Å². The van der Waals surface area contributed by atoms with Crippen LogP contribution in [0.4, 0.5) is 8.78 Å². The molecule has 0 spiro atoms. The molecular formula is C15H26F2O3. The second kappa shape index (κ2) is 10.8. The molecule has 0 aromatic rings. The second-order valence-corrected chi connectivity index (χ2v) is 4.85. The maximum Gasteiger partial charge on any atom is 0.379 e. The van der Waals surface area contributed by atoms with Crippen LogP contribution in [0.1, 0.15) is 58.3 Å². The molecule has 0 amide bonds. The van der Waals surface area contributed by atoms with Crippen molar-refractivity contribution in [2.75, 3.05) is 6.61 Å². The van der Waals surface area contributed by atoms with Gasteiger partial charge in [0.2, 0.25) is 0 Å². The van der Waals surface area contributed by atoms with Gasteiger partial charge < -0.3 is 9.84 Å². The van der Waals surface area contributed by atoms with Crippen molar-refractivity contribution in [1.82, 2.24) is 0 Å². The lowest BCUT2D eigenvalue weighted by Crippen LogP contribution is -2.42. The van der Waals surface area contributed by atoms with Gasteiger partial charge in [0.25, 0.3) is 0 Å². The molecular weight excluding hydrogens is 266 g/mol. The van der Waals surface area contributed by atoms with E-state index in [1.54, 1.807) is 0 Å². The summed E-state index contributed by atoms with van der Waals surface area (Å²) in [7, 11) is 0. The third-order valence-corrected chi connectivity index (χ3v) is 3.10. The van der Waals surface area contributed by atoms with Gasteiger partial charge in [-0.3, -0.25) is 0 Å². The molecule has 0 heterocycles. The Hall–Kier alpha value is -0.970. The number of carbonyl (C=O) groups excluding carboxylic acids is 1. The molecule has 1 atom stereocenters. The summed E-state index contributed by atoms with van der Waals surface area (Å²) in [4.78, 5) is 11.0. The number of esters is 1. The minimum absolute atomic E-state index is 0.0848. The summed E-state index contributed by atoms with van der Waals surface area (Å²) in [6, 6.07) is 0. The molecule has 0 fully saturated rings. The van der Waals surface area contributed by atoms with Crippen LogP contribution in [0.5, 0.6) is 0 Å². The van der Waals surface area contributed by atoms with Crippen LogP contribution in [-0.4, -0.2) is 29.7 Å². The number of unbranched alkanes of at least 4 members (excludes halogenated alkanes) is 6. The van der Waals surface area contributed by atoms with Crippen molar-refractivity contribution < 1.29 is 23.4 Å². The Bertz CT molecular complexity index is 280. The van der Waals surface area contributed by atoms with Crippen LogP contribution >= 0.6 is 0 Å². The molecule has 20 heavy (non-hydrogen) atoms. The van der Waals surface area contributed by atoms with Crippen LogP contribution in [0.3, 0.4) is 0 Å². The zero-order valence-corrected chi connectivity index (χ0v) is 12.2. The van der Waals surface area contributed by atoms with Crippen LogP contribution in [0.2, 0.25) is 0 Å². The van der Waals surface area contributed by atoms with Crippen molar-refractivity contribution in [3.8, 4) is 0 Å². The monoisotopic (exact) mass is 292 g/mol. The van der Waals surface area contributed by atoms with E-state index in [2.05, 4.69) is 11.3 Å². The number of rotatable bonds is 12. The highest BCUT2D eigenvalue weighted by molar-refractivity contribution is 5.78. The Morgan fingerprint density at radius 1 is 1.25 bits per heavy atom. The largest absolute Gasteiger partial charge is 0.461 e. The van der Waals surface area contributed by atoms with E-state index in [9.17, 15) is 18.7 Å². The number of halogens is 2. The number of allylic oxidation sites excluding steroid dienone is 1. The average Bonchev–Trinajstić information content (AvgIpc) is 2.41. The molecule has 1 N–H and O–H groups in total. The lowest BCUT2D eigenvalue weighted by atomic mass is 10.0. The number of ether oxygens (including phenoxy) is 1. The number of hydrogen-bond donors (Lipinski definition) is 1. The standard InChI is InChI=1S/C15H26F2O3/c1-3-5-6-7-8-9-10-11-12-13(18)15(16,17)14(19)20-4-2/h3,13,18H,1,4-12H2,2H3. The van der Waals surface area contributed by atoms with Crippen LogP contribution in [0.15, 0.2) is 12.7 Å². The van der Waals surface area contributed by atoms with Crippen LogP contribution in [0.25, 0.3) is 0 Å². The SMILES string of the molecule is C=CCCCCCCCCC(O)C(F)(F)C(=O)OCC. The first-order chi connectivity index (χ1) is 9.46. The highest BCUT2D eigenvalue weighted by Crippen LogP contribution is 2.24. The van der Waals surface area contributed by atoms with Crippen molar-refractivity contribution in [3.63, 3.8) is 0 Å². The maximum absolute atomic E-state index is 13.4. The molecule has 0 saturated carbocycles. The molecule has 5 heteroatoms. The summed E-state index contributed by atoms with van der Waals surface area (Å²) in [5, 5.41) is 9.38. The van der Waals surface area contributed by atoms with E-state index >= 15 is 0 Å². The highest BCUT2D eigenvalue weighted by Gasteiger charge is 2.47. The van der Waals surface area contributed by atoms with Gasteiger partial charge in [0.15, 0.2) is 0 Å². The zero-order chi connectivity index (χ0) is 15.4. The molecule has 0 aromatic carbocycles. The van der Waals surface area contributed by atoms with Gasteiger partial charge in [0.05, 0.1) is 6.61 Å². The van der Waals surface area contributed by atoms with E-state index in [1.165, 1.54) is 6.92 Å². The van der Waals surface area contributed by atoms with Gasteiger partial charge in [-0.05, 0) is 26.2 Å². The Morgan fingerprint density at radius 3 is 2.35 bits per heavy atom. The topological polar surface area (TPSA) is 46.5 Å². The predicted molar refractivity (Wildman–Crippen MR) is 74.7 cm³/mol. The lowest BCUT2D eigenvalue weighted by Gasteiger charge is -2.20. The second-order valence-electron chi connectivity index (χ2n) is 4.85. The van der Waals surface area contributed by atoms with Gasteiger partial charge >= 0.3 is 11.9 Å². The Labute approximate surface area is 120 Å². The fraction of sp³-hybridized carbons (Fsp3) is 0.800. The summed E-state index contributed by atoms with van der Waals surface area (Å²) < 4.78 is 31.0. The summed E-state index contributed by atoms with van der Waals surface area (Å²) >= 11 is 0. The van der Waals surface area contributed by atoms with Gasteiger partial charge in [0.1, 0.15) is 6.10 Å². The fourth-order valence-corrected chi connectivity index (χ4v) is 1.88. The van der Waals surface area contributed by atoms with Gasteiger partial charge in [-0.1, -0.05) is 38.2 Å². The smallest absolute Gasteiger partial charge is 0.379 e. The normalized spacial score (nSPS) is 13.0. The molecule has 0 aliphatic rings. The van der Waals surface area contributed by atoms with E-state index in [0.717, 1.165) is 38.5 Å². The molecule has 1 unspecified atom stereocenters. The molecule has 0 rings (SSSR count). The molecule has 0 radical (unpaired) electrons. The van der Waals surface area contributed by atoms with E-state index < -0.39 is 18.0 Å². The number of hydrogen-bond acceptors (Lipinski definition) is 3. The van der Waals surface area contributed by atoms with Crippen LogP contribution in [0, 0.1) is 0 Å². The van der Waals surface area contributed by atoms with E-state index in [1.807, 2.05) is 6.08 Å². The molecule has 118 valence electrons. The molecule has 3 nitrogen and oxygen atoms in total. The number of aliphatic hydroxyl groups is 1. The maximum atomic E-state index is 13.4. The molecule has 0 aliphatic carbocycles. The average molecular weight is 292 g/mol. The summed E-state index contributed by atoms with van der Waals surface area (Å²) in [6.45, 7) is 4.97. The number of carbonyl (C=O) groups is 1. The summed E-state index contributed by atoms with van der Waals surface area (Å²) in [5.74, 6) is -5.45. The van der Waals surface area contributed by atoms with Crippen LogP contribution in [-0.2, 0) is 9.53 Å². The van der Waals surface area contributed by atoms with Crippen molar-refractivity contribution >= 4 is 5.97 Å². The lowest BCUT2D eigenvalue weighted by molar-refractivity contribution is -0.188. The van der Waals surface area contributed by atoms with Crippen molar-refractivity contribution in [3.05, 3.63) is 12.7 Å². The highest BCUT2D eigenvalue weighted by atomic mass is 19.3. The third kappa shape index (κ3) is 7.58. The summed E-state index contributed by atoms with van der Waals surface area (Å²) in [6.07, 6.45) is 6.33. The Morgan fingerprint density at radius 2 is 1.80 bits per heavy atom. The van der Waals surface area contributed by atoms with Gasteiger partial charge in [-0.2, -0.15) is 8.78 Å². The quantitative estimate of drug-likeness (QED) is 0.337. The van der Waals surface area contributed by atoms with Gasteiger partial charge in [-0.25, -0.2) is 4.79 Å². The first kappa shape index (κ1) is 19.0. The van der Waals surface area contributed by atoms with Crippen molar-refractivity contribution in [1.29, 1.82) is 0 Å². The third-order valence-electron chi connectivity index (χ3n) is 3.10. The van der Waals surface area contributed by atoms with E-state index in [0.29, 0.717) is 6.42 Å². The van der Waals surface area contributed by atoms with Gasteiger partial charge in [0, 0.05) is 0 Å². The number of aliphatic hydroxyl groups excluding tert-OH is 1. The Kier molecular flexibility index (Phi) is 10.3. The van der Waals surface area contributed by atoms with Crippen molar-refractivity contribution in [2.24, 2.45) is 0 Å². The predicted octanol–water partition coefficient (Wildman–Crippen LogP) is 3.85. The molecule has 0 bridgehead atoms. The first-order valence-corrected chi connectivity index (χ1v) is 7.30. The van der Waals surface area contributed by atoms with E-state index in [4.69, 9.17) is 0 Å².